The number of rotatable bonds is 21. The van der Waals surface area contributed by atoms with Gasteiger partial charge in [-0.05, 0) is 91.8 Å². The van der Waals surface area contributed by atoms with Gasteiger partial charge in [-0.3, -0.25) is 0 Å². The number of hydrogen-bond acceptors (Lipinski definition) is 5. The van der Waals surface area contributed by atoms with Crippen LogP contribution in [0, 0.1) is 0 Å². The molecule has 0 bridgehead atoms. The highest BCUT2D eigenvalue weighted by Gasteiger charge is 2.31. The third kappa shape index (κ3) is 14.6. The van der Waals surface area contributed by atoms with Gasteiger partial charge in [0, 0.05) is 31.8 Å². The second-order valence-corrected chi connectivity index (χ2v) is 11.5. The number of hydrogen-bond donors (Lipinski definition) is 1. The highest BCUT2D eigenvalue weighted by Crippen LogP contribution is 2.15. The molecule has 0 unspecified atom stereocenters. The molecule has 0 rings (SSSR count). The second-order valence-electron chi connectivity index (χ2n) is 8.20. The Morgan fingerprint density at radius 2 is 1.34 bits per heavy atom. The van der Waals surface area contributed by atoms with Crippen molar-refractivity contribution in [2.45, 2.75) is 92.3 Å². The molecule has 176 valence electrons. The van der Waals surface area contributed by atoms with Crippen LogP contribution in [-0.2, 0) is 8.85 Å². The Hall–Kier alpha value is 0.0169. The van der Waals surface area contributed by atoms with Gasteiger partial charge in [-0.15, -0.1) is 0 Å². The van der Waals surface area contributed by atoms with Crippen LogP contribution in [0.15, 0.2) is 0 Å². The first-order chi connectivity index (χ1) is 14.0. The van der Waals surface area contributed by atoms with Crippen LogP contribution in [0.4, 0.5) is 0 Å². The van der Waals surface area contributed by atoms with Crippen LogP contribution >= 0.6 is 0 Å². The summed E-state index contributed by atoms with van der Waals surface area (Å²) in [6.45, 7) is 25.1. The summed E-state index contributed by atoms with van der Waals surface area (Å²) in [5.74, 6) is 0. The van der Waals surface area contributed by atoms with E-state index < -0.39 is 8.56 Å². The van der Waals surface area contributed by atoms with Crippen molar-refractivity contribution in [2.24, 2.45) is 0 Å². The van der Waals surface area contributed by atoms with Crippen LogP contribution in [0.5, 0.6) is 0 Å². The highest BCUT2D eigenvalue weighted by molar-refractivity contribution is 6.66. The Labute approximate surface area is 184 Å². The van der Waals surface area contributed by atoms with Gasteiger partial charge >= 0.3 is 8.56 Å². The van der Waals surface area contributed by atoms with E-state index in [0.29, 0.717) is 6.04 Å². The second kappa shape index (κ2) is 18.8. The van der Waals surface area contributed by atoms with E-state index in [1.807, 2.05) is 0 Å². The summed E-state index contributed by atoms with van der Waals surface area (Å²) in [7, 11) is -2.04. The Balaban J connectivity index is 4.59. The standard InChI is InChI=1S/C23H53N3O2Si/c1-8-17-25(11-4)19-15-20-26(18-14-16-24-23(9-2)10-3)21-22-29(7,27-12-5)28-13-6/h23-24H,8-22H2,1-7H3. The Kier molecular flexibility index (Phi) is 18.8. The average Bonchev–Trinajstić information content (AvgIpc) is 2.71. The predicted molar refractivity (Wildman–Crippen MR) is 130 cm³/mol. The van der Waals surface area contributed by atoms with Gasteiger partial charge in [0.05, 0.1) is 0 Å². The molecule has 0 saturated carbocycles. The van der Waals surface area contributed by atoms with Crippen LogP contribution in [-0.4, -0.2) is 83.4 Å². The van der Waals surface area contributed by atoms with E-state index in [1.54, 1.807) is 0 Å². The molecule has 0 saturated heterocycles. The smallest absolute Gasteiger partial charge is 0.336 e. The van der Waals surface area contributed by atoms with Crippen molar-refractivity contribution in [2.75, 3.05) is 59.0 Å². The Bertz CT molecular complexity index is 351. The maximum atomic E-state index is 6.07. The molecule has 29 heavy (non-hydrogen) atoms. The van der Waals surface area contributed by atoms with Crippen LogP contribution in [0.3, 0.4) is 0 Å². The van der Waals surface area contributed by atoms with Crippen LogP contribution < -0.4 is 5.32 Å². The molecule has 0 fully saturated rings. The molecular weight excluding hydrogens is 378 g/mol. The van der Waals surface area contributed by atoms with Gasteiger partial charge in [0.1, 0.15) is 0 Å². The lowest BCUT2D eigenvalue weighted by molar-refractivity contribution is 0.178. The third-order valence-corrected chi connectivity index (χ3v) is 8.72. The van der Waals surface area contributed by atoms with Crippen molar-refractivity contribution in [3.63, 3.8) is 0 Å². The summed E-state index contributed by atoms with van der Waals surface area (Å²) in [4.78, 5) is 5.23. The van der Waals surface area contributed by atoms with E-state index in [4.69, 9.17) is 8.85 Å². The van der Waals surface area contributed by atoms with Crippen molar-refractivity contribution >= 4 is 8.56 Å². The van der Waals surface area contributed by atoms with E-state index in [0.717, 1.165) is 45.4 Å². The molecule has 0 aliphatic carbocycles. The summed E-state index contributed by atoms with van der Waals surface area (Å²) >= 11 is 0. The summed E-state index contributed by atoms with van der Waals surface area (Å²) in [5.41, 5.74) is 0. The van der Waals surface area contributed by atoms with Gasteiger partial charge in [0.15, 0.2) is 0 Å². The molecule has 0 amide bonds. The first kappa shape index (κ1) is 29.0. The fourth-order valence-corrected chi connectivity index (χ4v) is 6.26. The van der Waals surface area contributed by atoms with Crippen molar-refractivity contribution in [3.8, 4) is 0 Å². The van der Waals surface area contributed by atoms with Gasteiger partial charge in [-0.2, -0.15) is 0 Å². The van der Waals surface area contributed by atoms with E-state index in [1.165, 1.54) is 51.7 Å². The zero-order valence-electron chi connectivity index (χ0n) is 20.9. The summed E-state index contributed by atoms with van der Waals surface area (Å²) in [6.07, 6.45) is 6.14. The van der Waals surface area contributed by atoms with Crippen LogP contribution in [0.1, 0.15) is 73.6 Å². The molecule has 0 spiro atoms. The monoisotopic (exact) mass is 431 g/mol. The lowest BCUT2D eigenvalue weighted by Gasteiger charge is -2.30. The van der Waals surface area contributed by atoms with Gasteiger partial charge in [-0.25, -0.2) is 0 Å². The summed E-state index contributed by atoms with van der Waals surface area (Å²) in [5, 5.41) is 3.71. The lowest BCUT2D eigenvalue weighted by atomic mass is 10.2. The van der Waals surface area contributed by atoms with E-state index >= 15 is 0 Å². The minimum Gasteiger partial charge on any atom is -0.395 e. The first-order valence-corrected chi connectivity index (χ1v) is 15.0. The number of nitrogens with one attached hydrogen (secondary N) is 1. The highest BCUT2D eigenvalue weighted by atomic mass is 28.4. The fourth-order valence-electron chi connectivity index (χ4n) is 3.94. The molecule has 5 nitrogen and oxygen atoms in total. The molecule has 0 heterocycles. The van der Waals surface area contributed by atoms with Crippen LogP contribution in [0.2, 0.25) is 12.6 Å². The third-order valence-electron chi connectivity index (χ3n) is 5.79. The zero-order chi connectivity index (χ0) is 22.0. The molecule has 0 atom stereocenters. The van der Waals surface area contributed by atoms with Crippen molar-refractivity contribution in [1.82, 2.24) is 15.1 Å². The molecule has 0 aliphatic rings. The minimum atomic E-state index is -2.04. The van der Waals surface area contributed by atoms with Crippen molar-refractivity contribution in [3.05, 3.63) is 0 Å². The molecule has 0 radical (unpaired) electrons. The van der Waals surface area contributed by atoms with E-state index in [-0.39, 0.29) is 0 Å². The van der Waals surface area contributed by atoms with Gasteiger partial charge in [0.25, 0.3) is 0 Å². The molecule has 0 aromatic rings. The Morgan fingerprint density at radius 3 is 1.86 bits per heavy atom. The summed E-state index contributed by atoms with van der Waals surface area (Å²) in [6, 6.07) is 1.73. The topological polar surface area (TPSA) is 37.0 Å². The molecule has 0 aromatic heterocycles. The maximum absolute atomic E-state index is 6.07. The minimum absolute atomic E-state index is 0.669. The molecule has 6 heteroatoms. The average molecular weight is 432 g/mol. The Morgan fingerprint density at radius 1 is 0.759 bits per heavy atom. The molecular formula is C23H53N3O2Si. The van der Waals surface area contributed by atoms with Crippen LogP contribution in [0.25, 0.3) is 0 Å². The normalized spacial score (nSPS) is 12.6. The quantitative estimate of drug-likeness (QED) is 0.210. The number of nitrogens with zero attached hydrogens (tertiary/aromatic N) is 2. The largest absolute Gasteiger partial charge is 0.395 e. The van der Waals surface area contributed by atoms with Gasteiger partial charge in [0.2, 0.25) is 0 Å². The first-order valence-electron chi connectivity index (χ1n) is 12.4. The molecule has 0 aromatic carbocycles. The van der Waals surface area contributed by atoms with Crippen molar-refractivity contribution in [1.29, 1.82) is 0 Å². The van der Waals surface area contributed by atoms with E-state index in [9.17, 15) is 0 Å². The van der Waals surface area contributed by atoms with Crippen molar-refractivity contribution < 1.29 is 8.85 Å². The predicted octanol–water partition coefficient (Wildman–Crippen LogP) is 4.72. The molecule has 0 aliphatic heterocycles. The van der Waals surface area contributed by atoms with E-state index in [2.05, 4.69) is 63.2 Å². The fraction of sp³-hybridized carbons (Fsp3) is 1.00. The molecule has 1 N–H and O–H groups in total. The zero-order valence-corrected chi connectivity index (χ0v) is 21.9. The SMILES string of the molecule is CCCN(CC)CCCN(CCCNC(CC)CC)CC[Si](C)(OCC)OCC. The van der Waals surface area contributed by atoms with Gasteiger partial charge < -0.3 is 24.0 Å². The lowest BCUT2D eigenvalue weighted by Crippen LogP contribution is -2.43. The maximum Gasteiger partial charge on any atom is 0.336 e. The summed E-state index contributed by atoms with van der Waals surface area (Å²) < 4.78 is 12.1. The van der Waals surface area contributed by atoms with Gasteiger partial charge in [-0.1, -0.05) is 27.7 Å².